The molecule has 5 N–H and O–H groups in total. The fraction of sp³-hybridized carbons (Fsp3) is 0.438. The lowest BCUT2D eigenvalue weighted by Crippen LogP contribution is -2.58. The number of aliphatic hydroxyl groups excluding tert-OH is 1. The number of rotatable bonds is 12. The minimum absolute atomic E-state index is 0.00123. The molecule has 1 aliphatic heterocycles. The molecule has 1 fully saturated rings. The van der Waals surface area contributed by atoms with Crippen LogP contribution >= 0.6 is 11.3 Å². The lowest BCUT2D eigenvalue weighted by molar-refractivity contribution is -0.144. The first-order valence-electron chi connectivity index (χ1n) is 14.5. The van der Waals surface area contributed by atoms with Crippen molar-refractivity contribution in [3.8, 4) is 16.2 Å². The number of β-amino-alcohol motifs (C(OH)–C–C–N with tert-alkyl or cyclic N) is 1. The molecule has 2 aromatic carbocycles. The number of likely N-dealkylation sites (tertiary alicyclic amines) is 1. The highest BCUT2D eigenvalue weighted by molar-refractivity contribution is 7.13. The number of hydrogen-bond donors (Lipinski definition) is 4. The van der Waals surface area contributed by atoms with Gasteiger partial charge in [-0.1, -0.05) is 45.0 Å². The molecule has 1 aromatic heterocycles. The van der Waals surface area contributed by atoms with Gasteiger partial charge in [-0.25, -0.2) is 4.98 Å². The average molecular weight is 624 g/mol. The molecule has 3 amide bonds. The molecular formula is C32H41N5O6S. The number of aromatic nitrogens is 1. The van der Waals surface area contributed by atoms with E-state index in [1.807, 2.05) is 57.5 Å². The third kappa shape index (κ3) is 8.77. The second-order valence-corrected chi connectivity index (χ2v) is 12.8. The zero-order valence-corrected chi connectivity index (χ0v) is 26.4. The van der Waals surface area contributed by atoms with Crippen molar-refractivity contribution in [3.05, 3.63) is 65.3 Å². The van der Waals surface area contributed by atoms with E-state index in [1.165, 1.54) is 4.90 Å². The van der Waals surface area contributed by atoms with Gasteiger partial charge in [0.2, 0.25) is 17.7 Å². The summed E-state index contributed by atoms with van der Waals surface area (Å²) in [6, 6.07) is 13.0. The van der Waals surface area contributed by atoms with Crippen LogP contribution in [0.3, 0.4) is 0 Å². The third-order valence-corrected chi connectivity index (χ3v) is 8.30. The van der Waals surface area contributed by atoms with Crippen molar-refractivity contribution in [2.45, 2.75) is 58.8 Å². The lowest BCUT2D eigenvalue weighted by atomic mass is 9.85. The number of benzene rings is 2. The van der Waals surface area contributed by atoms with Crippen molar-refractivity contribution < 1.29 is 29.0 Å². The molecule has 3 atom stereocenters. The fourth-order valence-corrected chi connectivity index (χ4v) is 5.74. The van der Waals surface area contributed by atoms with E-state index in [-0.39, 0.29) is 45.2 Å². The first kappa shape index (κ1) is 32.9. The number of nitrogens with two attached hydrogens (primary N) is 1. The van der Waals surface area contributed by atoms with Crippen LogP contribution in [0, 0.1) is 12.3 Å². The second kappa shape index (κ2) is 14.7. The summed E-state index contributed by atoms with van der Waals surface area (Å²) < 4.78 is 11.0. The highest BCUT2D eigenvalue weighted by Gasteiger charge is 2.44. The summed E-state index contributed by atoms with van der Waals surface area (Å²) in [6.45, 7) is 7.86. The van der Waals surface area contributed by atoms with Gasteiger partial charge in [-0.15, -0.1) is 11.3 Å². The van der Waals surface area contributed by atoms with E-state index in [4.69, 9.17) is 15.2 Å². The molecule has 11 nitrogen and oxygen atoms in total. The van der Waals surface area contributed by atoms with Gasteiger partial charge >= 0.3 is 0 Å². The van der Waals surface area contributed by atoms with Crippen molar-refractivity contribution in [2.75, 3.05) is 32.1 Å². The van der Waals surface area contributed by atoms with Crippen LogP contribution in [-0.2, 0) is 25.7 Å². The molecule has 1 saturated heterocycles. The smallest absolute Gasteiger partial charge is 0.246 e. The molecule has 0 bridgehead atoms. The maximum Gasteiger partial charge on any atom is 0.246 e. The van der Waals surface area contributed by atoms with Gasteiger partial charge in [0.1, 0.15) is 31.0 Å². The van der Waals surface area contributed by atoms with Gasteiger partial charge in [0.15, 0.2) is 0 Å². The van der Waals surface area contributed by atoms with E-state index in [2.05, 4.69) is 15.6 Å². The summed E-state index contributed by atoms with van der Waals surface area (Å²) in [5, 5.41) is 16.1. The molecule has 0 aliphatic carbocycles. The van der Waals surface area contributed by atoms with E-state index in [0.717, 1.165) is 21.7 Å². The molecule has 2 heterocycles. The molecule has 44 heavy (non-hydrogen) atoms. The molecule has 0 saturated carbocycles. The van der Waals surface area contributed by atoms with Crippen molar-refractivity contribution in [1.82, 2.24) is 20.5 Å². The van der Waals surface area contributed by atoms with Crippen molar-refractivity contribution in [3.63, 3.8) is 0 Å². The number of ether oxygens (including phenoxy) is 2. The van der Waals surface area contributed by atoms with Crippen LogP contribution in [0.5, 0.6) is 5.75 Å². The number of amides is 3. The first-order chi connectivity index (χ1) is 20.9. The van der Waals surface area contributed by atoms with Gasteiger partial charge in [-0.2, -0.15) is 0 Å². The van der Waals surface area contributed by atoms with Gasteiger partial charge in [0.05, 0.1) is 28.8 Å². The number of aryl methyl sites for hydroxylation is 1. The minimum atomic E-state index is -0.937. The highest BCUT2D eigenvalue weighted by atomic mass is 32.1. The summed E-state index contributed by atoms with van der Waals surface area (Å²) in [6.07, 6.45) is -0.736. The van der Waals surface area contributed by atoms with Gasteiger partial charge in [0.25, 0.3) is 0 Å². The van der Waals surface area contributed by atoms with Crippen LogP contribution in [0.1, 0.15) is 38.4 Å². The number of aliphatic hydroxyl groups is 1. The van der Waals surface area contributed by atoms with E-state index in [0.29, 0.717) is 11.4 Å². The summed E-state index contributed by atoms with van der Waals surface area (Å²) in [5.74, 6) is -0.625. The summed E-state index contributed by atoms with van der Waals surface area (Å²) in [4.78, 5) is 46.5. The predicted molar refractivity (Wildman–Crippen MR) is 169 cm³/mol. The molecule has 4 rings (SSSR count). The van der Waals surface area contributed by atoms with Crippen LogP contribution in [0.15, 0.2) is 54.0 Å². The molecular weight excluding hydrogens is 582 g/mol. The Morgan fingerprint density at radius 1 is 1.11 bits per heavy atom. The van der Waals surface area contributed by atoms with Crippen LogP contribution in [0.25, 0.3) is 10.4 Å². The number of nitrogens with one attached hydrogen (secondary N) is 2. The van der Waals surface area contributed by atoms with Gasteiger partial charge in [-0.05, 0) is 47.7 Å². The first-order valence-corrected chi connectivity index (χ1v) is 15.4. The molecule has 236 valence electrons. The van der Waals surface area contributed by atoms with Crippen LogP contribution < -0.4 is 21.1 Å². The Morgan fingerprint density at radius 3 is 2.45 bits per heavy atom. The second-order valence-electron chi connectivity index (χ2n) is 11.9. The number of carbonyl (C=O) groups excluding carboxylic acids is 3. The van der Waals surface area contributed by atoms with Gasteiger partial charge in [0, 0.05) is 25.2 Å². The maximum atomic E-state index is 13.7. The minimum Gasteiger partial charge on any atom is -0.491 e. The number of hydrogen-bond acceptors (Lipinski definition) is 9. The molecule has 0 spiro atoms. The number of nitrogen functional groups attached to an aromatic ring is 1. The quantitative estimate of drug-likeness (QED) is 0.177. The Morgan fingerprint density at radius 2 is 1.82 bits per heavy atom. The van der Waals surface area contributed by atoms with E-state index < -0.39 is 35.4 Å². The third-order valence-electron chi connectivity index (χ3n) is 7.32. The zero-order chi connectivity index (χ0) is 31.9. The van der Waals surface area contributed by atoms with Gasteiger partial charge in [-0.3, -0.25) is 14.4 Å². The normalized spacial score (nSPS) is 17.2. The lowest BCUT2D eigenvalue weighted by Gasteiger charge is -2.35. The van der Waals surface area contributed by atoms with E-state index in [9.17, 15) is 19.5 Å². The van der Waals surface area contributed by atoms with E-state index in [1.54, 1.807) is 35.6 Å². The summed E-state index contributed by atoms with van der Waals surface area (Å²) >= 11 is 1.58. The number of thiazole rings is 1. The van der Waals surface area contributed by atoms with Crippen LogP contribution in [0.4, 0.5) is 5.69 Å². The number of carbonyl (C=O) groups is 3. The Balaban J connectivity index is 1.30. The Kier molecular flexibility index (Phi) is 11.0. The molecule has 0 radical (unpaired) electrons. The van der Waals surface area contributed by atoms with Crippen LogP contribution in [-0.4, -0.2) is 77.3 Å². The largest absolute Gasteiger partial charge is 0.491 e. The monoisotopic (exact) mass is 623 g/mol. The number of nitrogens with zero attached hydrogens (tertiary/aromatic N) is 2. The van der Waals surface area contributed by atoms with Crippen LogP contribution in [0.2, 0.25) is 0 Å². The van der Waals surface area contributed by atoms with E-state index >= 15 is 0 Å². The average Bonchev–Trinajstić information content (AvgIpc) is 3.60. The summed E-state index contributed by atoms with van der Waals surface area (Å²) in [7, 11) is 0. The number of anilines is 1. The highest BCUT2D eigenvalue weighted by Crippen LogP contribution is 2.28. The van der Waals surface area contributed by atoms with Crippen molar-refractivity contribution in [1.29, 1.82) is 0 Å². The van der Waals surface area contributed by atoms with Crippen molar-refractivity contribution >= 4 is 34.7 Å². The Hall–Kier alpha value is -4.00. The molecule has 12 heteroatoms. The SMILES string of the molecule is Cc1ncsc1-c1ccc(CNC(=O)[C@@H]2C[C@@H](O)CN2C(=O)[C@@H](NC(=O)COCCOc2ccc(N)cc2)C(C)(C)C)cc1. The maximum absolute atomic E-state index is 13.7. The van der Waals surface area contributed by atoms with Gasteiger partial charge < -0.3 is 35.8 Å². The standard InChI is InChI=1S/C32H41N5O6S/c1-20-28(44-19-35-20)22-7-5-21(6-8-22)16-34-30(40)26-15-24(38)17-37(26)31(41)29(32(2,3)4)36-27(39)18-42-13-14-43-25-11-9-23(33)10-12-25/h5-12,19,24,26,29,38H,13-18,33H2,1-4H3,(H,34,40)(H,36,39)/t24-,26+,29-/m1/s1. The fourth-order valence-electron chi connectivity index (χ4n) is 4.93. The van der Waals surface area contributed by atoms with Crippen molar-refractivity contribution in [2.24, 2.45) is 5.41 Å². The topological polar surface area (TPSA) is 156 Å². The summed E-state index contributed by atoms with van der Waals surface area (Å²) in [5.41, 5.74) is 10.4. The molecule has 1 aliphatic rings. The predicted octanol–water partition coefficient (Wildman–Crippen LogP) is 2.91. The Labute approximate surface area is 261 Å². The Bertz CT molecular complexity index is 1420. The molecule has 3 aromatic rings. The zero-order valence-electron chi connectivity index (χ0n) is 25.5. The molecule has 0 unspecified atom stereocenters.